The molecule has 274 valence electrons. The molecule has 0 aromatic heterocycles. The number of fused-ring (bicyclic) bond motifs is 4. The molecule has 2 atom stereocenters. The molecule has 2 unspecified atom stereocenters. The van der Waals surface area contributed by atoms with Crippen molar-refractivity contribution in [3.05, 3.63) is 94.0 Å². The Kier molecular flexibility index (Phi) is 14.6. The second-order valence-corrected chi connectivity index (χ2v) is 16.1. The minimum absolute atomic E-state index is 0.734. The van der Waals surface area contributed by atoms with Gasteiger partial charge in [-0.05, 0) is 147 Å². The Bertz CT molecular complexity index is 1870. The fourth-order valence-corrected chi connectivity index (χ4v) is 8.89. The van der Waals surface area contributed by atoms with Crippen LogP contribution in [0.15, 0.2) is 60.7 Å². The van der Waals surface area contributed by atoms with E-state index in [4.69, 9.17) is 0 Å². The normalized spacial score (nSPS) is 13.1. The lowest BCUT2D eigenvalue weighted by Crippen LogP contribution is -2.07. The largest absolute Gasteiger partial charge is 0.0654 e. The summed E-state index contributed by atoms with van der Waals surface area (Å²) in [5.41, 5.74) is 12.1. The van der Waals surface area contributed by atoms with Crippen LogP contribution in [0.4, 0.5) is 0 Å². The highest BCUT2D eigenvalue weighted by molar-refractivity contribution is 6.12. The predicted octanol–water partition coefficient (Wildman–Crippen LogP) is 15.9. The van der Waals surface area contributed by atoms with E-state index in [-0.39, 0.29) is 0 Å². The van der Waals surface area contributed by atoms with E-state index < -0.39 is 0 Å². The predicted molar refractivity (Wildman–Crippen MR) is 230 cm³/mol. The highest BCUT2D eigenvalue weighted by atomic mass is 14.2. The maximum Gasteiger partial charge on any atom is -0.0102 e. The molecule has 0 bridgehead atoms. The van der Waals surface area contributed by atoms with Crippen molar-refractivity contribution in [2.24, 2.45) is 11.8 Å². The smallest absolute Gasteiger partial charge is 0.0102 e. The van der Waals surface area contributed by atoms with Gasteiger partial charge >= 0.3 is 0 Å². The van der Waals surface area contributed by atoms with Crippen LogP contribution in [0.2, 0.25) is 0 Å². The van der Waals surface area contributed by atoms with E-state index in [9.17, 15) is 0 Å². The molecule has 0 nitrogen and oxygen atoms in total. The van der Waals surface area contributed by atoms with Crippen LogP contribution in [-0.4, -0.2) is 0 Å². The molecule has 5 rings (SSSR count). The summed E-state index contributed by atoms with van der Waals surface area (Å²) in [5, 5.41) is 8.90. The summed E-state index contributed by atoms with van der Waals surface area (Å²) >= 11 is 0. The molecule has 0 saturated heterocycles. The zero-order chi connectivity index (χ0) is 36.3. The van der Waals surface area contributed by atoms with E-state index in [0.717, 1.165) is 18.3 Å². The highest BCUT2D eigenvalue weighted by Gasteiger charge is 2.19. The molecule has 0 aliphatic heterocycles. The number of hydrogen-bond donors (Lipinski definition) is 0. The molecule has 0 amide bonds. The van der Waals surface area contributed by atoms with Gasteiger partial charge in [0, 0.05) is 0 Å². The number of aryl methyl sites for hydroxylation is 4. The zero-order valence-electron chi connectivity index (χ0n) is 33.9. The van der Waals surface area contributed by atoms with Crippen molar-refractivity contribution in [1.82, 2.24) is 0 Å². The van der Waals surface area contributed by atoms with Crippen LogP contribution in [-0.2, 0) is 32.1 Å². The third kappa shape index (κ3) is 9.28. The molecule has 0 N–H and O–H groups in total. The van der Waals surface area contributed by atoms with E-state index in [2.05, 4.69) is 116 Å². The van der Waals surface area contributed by atoms with Gasteiger partial charge in [0.2, 0.25) is 0 Å². The van der Waals surface area contributed by atoms with E-state index in [0.29, 0.717) is 0 Å². The van der Waals surface area contributed by atoms with Gasteiger partial charge in [0.1, 0.15) is 0 Å². The van der Waals surface area contributed by atoms with Crippen LogP contribution in [0.25, 0.3) is 43.4 Å². The van der Waals surface area contributed by atoms with Crippen molar-refractivity contribution in [2.75, 3.05) is 0 Å². The van der Waals surface area contributed by atoms with Crippen molar-refractivity contribution in [1.29, 1.82) is 0 Å². The van der Waals surface area contributed by atoms with E-state index >= 15 is 0 Å². The molecule has 0 saturated carbocycles. The van der Waals surface area contributed by atoms with E-state index in [1.165, 1.54) is 157 Å². The zero-order valence-corrected chi connectivity index (χ0v) is 33.9. The van der Waals surface area contributed by atoms with Crippen LogP contribution in [0.1, 0.15) is 159 Å². The summed E-state index contributed by atoms with van der Waals surface area (Å²) in [6, 6.07) is 25.1. The summed E-state index contributed by atoms with van der Waals surface area (Å²) in [6.45, 7) is 18.8. The lowest BCUT2D eigenvalue weighted by molar-refractivity contribution is 0.449. The Labute approximate surface area is 312 Å². The first-order valence-electron chi connectivity index (χ1n) is 21.5. The van der Waals surface area contributed by atoms with Crippen LogP contribution >= 0.6 is 0 Å². The Morgan fingerprint density at radius 1 is 0.451 bits per heavy atom. The molecule has 0 spiro atoms. The van der Waals surface area contributed by atoms with Gasteiger partial charge in [-0.2, -0.15) is 0 Å². The van der Waals surface area contributed by atoms with Gasteiger partial charge in [-0.15, -0.1) is 0 Å². The van der Waals surface area contributed by atoms with Crippen molar-refractivity contribution in [2.45, 2.75) is 165 Å². The number of benzene rings is 5. The van der Waals surface area contributed by atoms with Gasteiger partial charge in [0.15, 0.2) is 0 Å². The average molecular weight is 683 g/mol. The van der Waals surface area contributed by atoms with Gasteiger partial charge in [-0.1, -0.05) is 167 Å². The highest BCUT2D eigenvalue weighted by Crippen LogP contribution is 2.40. The van der Waals surface area contributed by atoms with E-state index in [1.54, 1.807) is 22.3 Å². The Morgan fingerprint density at radius 3 is 1.51 bits per heavy atom. The summed E-state index contributed by atoms with van der Waals surface area (Å²) in [5.74, 6) is 1.48. The summed E-state index contributed by atoms with van der Waals surface area (Å²) in [4.78, 5) is 0. The van der Waals surface area contributed by atoms with Gasteiger partial charge in [-0.25, -0.2) is 0 Å². The van der Waals surface area contributed by atoms with Crippen LogP contribution in [0.3, 0.4) is 0 Å². The van der Waals surface area contributed by atoms with Crippen LogP contribution in [0, 0.1) is 18.8 Å². The summed E-state index contributed by atoms with van der Waals surface area (Å²) in [7, 11) is 0. The first-order chi connectivity index (χ1) is 24.9. The molecule has 0 heterocycles. The number of hydrogen-bond acceptors (Lipinski definition) is 0. The lowest BCUT2D eigenvalue weighted by atomic mass is 9.83. The van der Waals surface area contributed by atoms with Crippen LogP contribution < -0.4 is 0 Å². The molecule has 51 heavy (non-hydrogen) atoms. The minimum Gasteiger partial charge on any atom is -0.0654 e. The molecule has 5 aromatic carbocycles. The molecule has 0 fully saturated rings. The summed E-state index contributed by atoms with van der Waals surface area (Å²) in [6.07, 6.45) is 21.2. The molecular weight excluding hydrogens is 613 g/mol. The Hall–Kier alpha value is -3.12. The maximum atomic E-state index is 2.61. The lowest BCUT2D eigenvalue weighted by Gasteiger charge is -2.22. The standard InChI is InChI=1S/C51H70/c1-9-16-20-37(13-5)30-42-28-36(8)29-48-43(31-38(14-6)21-17-10-2)33-41(35-49(42)48)40-25-27-47-46-26-24-39(15-7)32-50(46)44(22-18-11-3)45(23-19-12-4)51(47)34-40/h24-29,32-35,37-38H,9-23,30-31H2,1-8H3. The second kappa shape index (κ2) is 19.1. The minimum atomic E-state index is 0.734. The molecule has 0 aliphatic carbocycles. The van der Waals surface area contributed by atoms with Crippen LogP contribution in [0.5, 0.6) is 0 Å². The van der Waals surface area contributed by atoms with Crippen molar-refractivity contribution >= 4 is 32.3 Å². The first kappa shape index (κ1) is 39.1. The molecule has 5 aromatic rings. The van der Waals surface area contributed by atoms with Gasteiger partial charge in [-0.3, -0.25) is 0 Å². The Balaban J connectivity index is 1.76. The average Bonchev–Trinajstić information content (AvgIpc) is 3.15. The summed E-state index contributed by atoms with van der Waals surface area (Å²) < 4.78 is 0. The SMILES string of the molecule is CCCCc1c(CCCC)c2cc(-c3cc(CC(CC)CCCC)c4cc(C)cc(CC(CC)CCCC)c4c3)ccc2c2ccc(CC)cc12. The number of rotatable bonds is 20. The Morgan fingerprint density at radius 2 is 0.961 bits per heavy atom. The fourth-order valence-electron chi connectivity index (χ4n) is 8.89. The third-order valence-electron chi connectivity index (χ3n) is 12.2. The quantitative estimate of drug-likeness (QED) is 0.0717. The molecule has 0 aliphatic rings. The second-order valence-electron chi connectivity index (χ2n) is 16.1. The first-order valence-corrected chi connectivity index (χ1v) is 21.5. The van der Waals surface area contributed by atoms with Crippen molar-refractivity contribution in [3.63, 3.8) is 0 Å². The van der Waals surface area contributed by atoms with Crippen molar-refractivity contribution < 1.29 is 0 Å². The topological polar surface area (TPSA) is 0 Å². The monoisotopic (exact) mass is 683 g/mol. The molecular formula is C51H70. The van der Waals surface area contributed by atoms with Crippen molar-refractivity contribution in [3.8, 4) is 11.1 Å². The van der Waals surface area contributed by atoms with Gasteiger partial charge in [0.05, 0.1) is 0 Å². The number of unbranched alkanes of at least 4 members (excludes halogenated alkanes) is 4. The molecule has 0 heteroatoms. The van der Waals surface area contributed by atoms with Gasteiger partial charge < -0.3 is 0 Å². The van der Waals surface area contributed by atoms with Gasteiger partial charge in [0.25, 0.3) is 0 Å². The third-order valence-corrected chi connectivity index (χ3v) is 12.2. The maximum absolute atomic E-state index is 2.61. The fraction of sp³-hybridized carbons (Fsp3) is 0.529. The molecule has 0 radical (unpaired) electrons. The van der Waals surface area contributed by atoms with E-state index in [1.807, 2.05) is 0 Å².